The molecule has 2 aromatic heterocycles. The standard InChI is InChI=1S/C20H30N4O2/c1-3-18-17(19(4-2)26-24-18)14-22-20(23-15-8-5-6-9-15)21-12-11-16-10-7-13-25-16/h7,10,13,15H,3-6,8-9,11-12,14H2,1-2H3,(H2,21,22,23). The first kappa shape index (κ1) is 18.5. The van der Waals surface area contributed by atoms with E-state index in [1.165, 1.54) is 25.7 Å². The molecule has 2 N–H and O–H groups in total. The largest absolute Gasteiger partial charge is 0.469 e. The molecule has 1 aliphatic rings. The molecule has 1 aliphatic carbocycles. The van der Waals surface area contributed by atoms with Crippen molar-refractivity contribution in [1.82, 2.24) is 15.8 Å². The molecule has 0 atom stereocenters. The quantitative estimate of drug-likeness (QED) is 0.557. The number of aromatic nitrogens is 1. The molecular weight excluding hydrogens is 328 g/mol. The van der Waals surface area contributed by atoms with Gasteiger partial charge in [0.05, 0.1) is 18.5 Å². The minimum atomic E-state index is 0.517. The average molecular weight is 358 g/mol. The summed E-state index contributed by atoms with van der Waals surface area (Å²) in [7, 11) is 0. The first-order chi connectivity index (χ1) is 12.8. The molecular formula is C20H30N4O2. The summed E-state index contributed by atoms with van der Waals surface area (Å²) in [6, 6.07) is 4.44. The van der Waals surface area contributed by atoms with E-state index < -0.39 is 0 Å². The number of furan rings is 1. The number of nitrogens with zero attached hydrogens (tertiary/aromatic N) is 2. The van der Waals surface area contributed by atoms with E-state index in [4.69, 9.17) is 13.9 Å². The highest BCUT2D eigenvalue weighted by atomic mass is 16.5. The molecule has 0 saturated heterocycles. The summed E-state index contributed by atoms with van der Waals surface area (Å²) in [5.74, 6) is 2.80. The molecule has 142 valence electrons. The molecule has 1 saturated carbocycles. The fourth-order valence-corrected chi connectivity index (χ4v) is 3.45. The highest BCUT2D eigenvalue weighted by Gasteiger charge is 2.17. The molecule has 0 aromatic carbocycles. The number of hydrogen-bond acceptors (Lipinski definition) is 4. The van der Waals surface area contributed by atoms with Gasteiger partial charge >= 0.3 is 0 Å². The van der Waals surface area contributed by atoms with Crippen LogP contribution in [0.5, 0.6) is 0 Å². The minimum Gasteiger partial charge on any atom is -0.469 e. The van der Waals surface area contributed by atoms with Crippen molar-refractivity contribution >= 4 is 5.96 Å². The Labute approximate surface area is 155 Å². The van der Waals surface area contributed by atoms with Gasteiger partial charge in [-0.3, -0.25) is 0 Å². The zero-order valence-corrected chi connectivity index (χ0v) is 15.9. The van der Waals surface area contributed by atoms with Crippen LogP contribution in [-0.4, -0.2) is 23.7 Å². The van der Waals surface area contributed by atoms with Crippen LogP contribution < -0.4 is 10.6 Å². The van der Waals surface area contributed by atoms with Crippen molar-refractivity contribution in [3.05, 3.63) is 41.2 Å². The second-order valence-corrected chi connectivity index (χ2v) is 6.78. The second-order valence-electron chi connectivity index (χ2n) is 6.78. The highest BCUT2D eigenvalue weighted by molar-refractivity contribution is 5.80. The Balaban J connectivity index is 1.64. The van der Waals surface area contributed by atoms with Crippen molar-refractivity contribution in [2.75, 3.05) is 6.54 Å². The Morgan fingerprint density at radius 2 is 2.12 bits per heavy atom. The summed E-state index contributed by atoms with van der Waals surface area (Å²) in [5.41, 5.74) is 2.15. The summed E-state index contributed by atoms with van der Waals surface area (Å²) in [6.45, 7) is 5.58. The average Bonchev–Trinajstić information content (AvgIpc) is 3.40. The second kappa shape index (κ2) is 9.46. The zero-order valence-electron chi connectivity index (χ0n) is 15.9. The molecule has 2 heterocycles. The maximum Gasteiger partial charge on any atom is 0.191 e. The minimum absolute atomic E-state index is 0.517. The van der Waals surface area contributed by atoms with E-state index in [1.807, 2.05) is 12.1 Å². The summed E-state index contributed by atoms with van der Waals surface area (Å²) < 4.78 is 10.9. The molecule has 0 spiro atoms. The van der Waals surface area contributed by atoms with Gasteiger partial charge < -0.3 is 19.6 Å². The molecule has 1 fully saturated rings. The lowest BCUT2D eigenvalue weighted by molar-refractivity contribution is 0.380. The van der Waals surface area contributed by atoms with E-state index in [1.54, 1.807) is 6.26 Å². The van der Waals surface area contributed by atoms with Gasteiger partial charge in [0.15, 0.2) is 5.96 Å². The summed E-state index contributed by atoms with van der Waals surface area (Å²) in [4.78, 5) is 4.83. The van der Waals surface area contributed by atoms with E-state index in [-0.39, 0.29) is 0 Å². The van der Waals surface area contributed by atoms with Crippen LogP contribution >= 0.6 is 0 Å². The van der Waals surface area contributed by atoms with E-state index in [9.17, 15) is 0 Å². The molecule has 0 unspecified atom stereocenters. The lowest BCUT2D eigenvalue weighted by Crippen LogP contribution is -2.43. The number of aliphatic imine (C=N–C) groups is 1. The first-order valence-electron chi connectivity index (χ1n) is 9.83. The van der Waals surface area contributed by atoms with Gasteiger partial charge in [-0.2, -0.15) is 0 Å². The third-order valence-corrected chi connectivity index (χ3v) is 4.94. The smallest absolute Gasteiger partial charge is 0.191 e. The van der Waals surface area contributed by atoms with E-state index in [0.717, 1.165) is 54.5 Å². The monoisotopic (exact) mass is 358 g/mol. The highest BCUT2D eigenvalue weighted by Crippen LogP contribution is 2.19. The molecule has 0 radical (unpaired) electrons. The van der Waals surface area contributed by atoms with Crippen LogP contribution in [0.25, 0.3) is 0 Å². The number of rotatable bonds is 8. The van der Waals surface area contributed by atoms with Crippen LogP contribution in [0.4, 0.5) is 0 Å². The normalized spacial score (nSPS) is 15.5. The Morgan fingerprint density at radius 3 is 2.81 bits per heavy atom. The molecule has 2 aromatic rings. The molecule has 0 aliphatic heterocycles. The van der Waals surface area contributed by atoms with Crippen molar-refractivity contribution < 1.29 is 8.94 Å². The van der Waals surface area contributed by atoms with Crippen molar-refractivity contribution in [1.29, 1.82) is 0 Å². The fraction of sp³-hybridized carbons (Fsp3) is 0.600. The van der Waals surface area contributed by atoms with Gasteiger partial charge in [0.1, 0.15) is 11.5 Å². The van der Waals surface area contributed by atoms with Crippen LogP contribution in [-0.2, 0) is 25.8 Å². The maximum absolute atomic E-state index is 5.46. The van der Waals surface area contributed by atoms with E-state index in [0.29, 0.717) is 12.6 Å². The lowest BCUT2D eigenvalue weighted by Gasteiger charge is -2.17. The van der Waals surface area contributed by atoms with Gasteiger partial charge in [-0.05, 0) is 31.4 Å². The molecule has 3 rings (SSSR count). The fourth-order valence-electron chi connectivity index (χ4n) is 3.45. The molecule has 0 amide bonds. The zero-order chi connectivity index (χ0) is 18.2. The van der Waals surface area contributed by atoms with Crippen LogP contribution in [0.3, 0.4) is 0 Å². The number of hydrogen-bond donors (Lipinski definition) is 2. The SMILES string of the molecule is CCc1noc(CC)c1CN=C(NCCc1ccco1)NC1CCCC1. The maximum atomic E-state index is 5.46. The Bertz CT molecular complexity index is 663. The van der Waals surface area contributed by atoms with Gasteiger partial charge in [0.2, 0.25) is 0 Å². The predicted octanol–water partition coefficient (Wildman–Crippen LogP) is 3.61. The predicted molar refractivity (Wildman–Crippen MR) is 102 cm³/mol. The van der Waals surface area contributed by atoms with Gasteiger partial charge in [-0.15, -0.1) is 0 Å². The molecule has 26 heavy (non-hydrogen) atoms. The van der Waals surface area contributed by atoms with Crippen molar-refractivity contribution in [2.24, 2.45) is 4.99 Å². The lowest BCUT2D eigenvalue weighted by atomic mass is 10.1. The van der Waals surface area contributed by atoms with Crippen molar-refractivity contribution in [2.45, 2.75) is 71.4 Å². The van der Waals surface area contributed by atoms with Crippen molar-refractivity contribution in [3.63, 3.8) is 0 Å². The summed E-state index contributed by atoms with van der Waals surface area (Å²) >= 11 is 0. The van der Waals surface area contributed by atoms with Crippen LogP contribution in [0.1, 0.15) is 62.3 Å². The Morgan fingerprint density at radius 1 is 1.27 bits per heavy atom. The summed E-state index contributed by atoms with van der Waals surface area (Å²) in [5, 5.41) is 11.2. The number of aryl methyl sites for hydroxylation is 2. The van der Waals surface area contributed by atoms with E-state index in [2.05, 4.69) is 29.6 Å². The van der Waals surface area contributed by atoms with Crippen molar-refractivity contribution in [3.8, 4) is 0 Å². The van der Waals surface area contributed by atoms with Crippen LogP contribution in [0.2, 0.25) is 0 Å². The van der Waals surface area contributed by atoms with E-state index >= 15 is 0 Å². The Hall–Kier alpha value is -2.24. The van der Waals surface area contributed by atoms with Gasteiger partial charge in [-0.25, -0.2) is 4.99 Å². The van der Waals surface area contributed by atoms with Crippen LogP contribution in [0.15, 0.2) is 32.3 Å². The number of nitrogens with one attached hydrogen (secondary N) is 2. The van der Waals surface area contributed by atoms with Gasteiger partial charge in [0, 0.05) is 31.0 Å². The number of guanidine groups is 1. The molecule has 6 heteroatoms. The third-order valence-electron chi connectivity index (χ3n) is 4.94. The topological polar surface area (TPSA) is 75.6 Å². The Kier molecular flexibility index (Phi) is 6.75. The third kappa shape index (κ3) is 4.90. The first-order valence-corrected chi connectivity index (χ1v) is 9.83. The van der Waals surface area contributed by atoms with Crippen LogP contribution in [0, 0.1) is 0 Å². The summed E-state index contributed by atoms with van der Waals surface area (Å²) in [6.07, 6.45) is 9.28. The van der Waals surface area contributed by atoms with Gasteiger partial charge in [-0.1, -0.05) is 31.8 Å². The molecule has 6 nitrogen and oxygen atoms in total. The molecule has 0 bridgehead atoms. The van der Waals surface area contributed by atoms with Gasteiger partial charge in [0.25, 0.3) is 0 Å².